The van der Waals surface area contributed by atoms with E-state index < -0.39 is 36.0 Å². The second kappa shape index (κ2) is 46.5. The number of hydrogen-bond donors (Lipinski definition) is 6. The van der Waals surface area contributed by atoms with Gasteiger partial charge in [-0.05, 0) is 25.7 Å². The van der Waals surface area contributed by atoms with E-state index >= 15 is 0 Å². The number of aliphatic carboxylic acids is 4. The van der Waals surface area contributed by atoms with Crippen molar-refractivity contribution in [3.05, 3.63) is 0 Å². The fourth-order valence-corrected chi connectivity index (χ4v) is 6.19. The van der Waals surface area contributed by atoms with E-state index in [4.69, 9.17) is 20.4 Å². The molecule has 0 aliphatic carbocycles. The normalized spacial score (nSPS) is 11.5. The van der Waals surface area contributed by atoms with Crippen molar-refractivity contribution in [3.8, 4) is 0 Å². The molecule has 0 spiro atoms. The molecule has 0 rings (SSSR count). The molecule has 0 bridgehead atoms. The number of carbonyl (C=O) groups is 6. The van der Waals surface area contributed by atoms with Crippen LogP contribution in [0.3, 0.4) is 0 Å². The van der Waals surface area contributed by atoms with Crippen LogP contribution in [0, 0.1) is 0 Å². The summed E-state index contributed by atoms with van der Waals surface area (Å²) in [7, 11) is 0. The number of carboxylic acids is 4. The fourth-order valence-electron chi connectivity index (χ4n) is 6.19. The van der Waals surface area contributed by atoms with Crippen LogP contribution in [0.15, 0.2) is 0 Å². The van der Waals surface area contributed by atoms with Crippen molar-refractivity contribution in [1.29, 1.82) is 0 Å². The molecule has 14 heteroatoms. The van der Waals surface area contributed by atoms with Crippen molar-refractivity contribution in [2.75, 3.05) is 0 Å². The summed E-state index contributed by atoms with van der Waals surface area (Å²) in [6.07, 6.45) is 31.9. The van der Waals surface area contributed by atoms with Gasteiger partial charge in [0.2, 0.25) is 11.8 Å². The first kappa shape index (κ1) is 61.5. The van der Waals surface area contributed by atoms with Gasteiger partial charge in [-0.25, -0.2) is 9.59 Å². The molecule has 0 aromatic rings. The predicted molar refractivity (Wildman–Crippen MR) is 216 cm³/mol. The summed E-state index contributed by atoms with van der Waals surface area (Å²) in [4.78, 5) is 66.6. The average molecular weight is 819 g/mol. The van der Waals surface area contributed by atoms with Crippen LogP contribution in [0.25, 0.3) is 0 Å². The molecule has 0 saturated carbocycles. The molecule has 320 valence electrons. The molecule has 2 unspecified atom stereocenters. The molecule has 0 aromatic carbocycles. The summed E-state index contributed by atoms with van der Waals surface area (Å²) < 4.78 is 0. The van der Waals surface area contributed by atoms with E-state index in [9.17, 15) is 28.8 Å². The number of carboxylic acid groups (broad SMARTS) is 4. The largest absolute Gasteiger partial charge is 1.00 e. The number of rotatable bonds is 38. The molecule has 0 saturated heterocycles. The number of amides is 2. The fraction of sp³-hybridized carbons (Fsp3) is 0.857. The summed E-state index contributed by atoms with van der Waals surface area (Å²) in [5.41, 5.74) is 0. The van der Waals surface area contributed by atoms with Crippen molar-refractivity contribution >= 4 is 35.7 Å². The summed E-state index contributed by atoms with van der Waals surface area (Å²) in [5, 5.41) is 40.1. The summed E-state index contributed by atoms with van der Waals surface area (Å²) >= 11 is 0. The first-order valence-electron chi connectivity index (χ1n) is 21.4. The Morgan fingerprint density at radius 3 is 0.786 bits per heavy atom. The third-order valence-electron chi connectivity index (χ3n) is 9.58. The molecule has 0 fully saturated rings. The Morgan fingerprint density at radius 1 is 0.375 bits per heavy atom. The first-order valence-corrected chi connectivity index (χ1v) is 21.4. The minimum absolute atomic E-state index is 0. The Labute approximate surface area is 386 Å². The van der Waals surface area contributed by atoms with E-state index in [0.29, 0.717) is 12.8 Å². The van der Waals surface area contributed by atoms with Crippen LogP contribution in [0.1, 0.15) is 222 Å². The smallest absolute Gasteiger partial charge is 1.00 e. The zero-order chi connectivity index (χ0) is 40.7. The van der Waals surface area contributed by atoms with E-state index in [-0.39, 0.29) is 99.5 Å². The van der Waals surface area contributed by atoms with E-state index in [1.165, 1.54) is 128 Å². The zero-order valence-corrected chi connectivity index (χ0v) is 40.0. The molecule has 2 amide bonds. The Kier molecular flexibility index (Phi) is 51.1. The van der Waals surface area contributed by atoms with Crippen molar-refractivity contribution in [2.24, 2.45) is 0 Å². The molecule has 56 heavy (non-hydrogen) atoms. The van der Waals surface area contributed by atoms with Crippen molar-refractivity contribution in [2.45, 2.75) is 231 Å². The minimum atomic E-state index is -1.19. The Hall–Kier alpha value is -1.18. The molecular formula is C42H80N2Na2O10. The Bertz CT molecular complexity index is 1000. The van der Waals surface area contributed by atoms with Gasteiger partial charge >= 0.3 is 83.0 Å². The van der Waals surface area contributed by atoms with Gasteiger partial charge in [0.25, 0.3) is 0 Å². The summed E-state index contributed by atoms with van der Waals surface area (Å²) in [6.45, 7) is 4.47. The van der Waals surface area contributed by atoms with Crippen LogP contribution >= 0.6 is 0 Å². The van der Waals surface area contributed by atoms with Gasteiger partial charge in [-0.15, -0.1) is 0 Å². The zero-order valence-electron chi connectivity index (χ0n) is 38.0. The molecule has 0 aromatic heterocycles. The van der Waals surface area contributed by atoms with Gasteiger partial charge in [0.15, 0.2) is 0 Å². The van der Waals surface area contributed by atoms with Crippen LogP contribution in [-0.2, 0) is 28.8 Å². The van der Waals surface area contributed by atoms with Gasteiger partial charge in [-0.1, -0.05) is 168 Å². The number of nitrogens with one attached hydrogen (secondary N) is 2. The van der Waals surface area contributed by atoms with Gasteiger partial charge in [0.05, 0.1) is 0 Å². The maximum Gasteiger partial charge on any atom is 1.00 e. The minimum Gasteiger partial charge on any atom is -1.00 e. The monoisotopic (exact) mass is 819 g/mol. The second-order valence-electron chi connectivity index (χ2n) is 14.8. The maximum absolute atomic E-state index is 11.8. The number of hydrogen-bond acceptors (Lipinski definition) is 6. The first-order chi connectivity index (χ1) is 25.9. The summed E-state index contributed by atoms with van der Waals surface area (Å²) in [6, 6.07) is -2.23. The molecule has 0 heterocycles. The SMILES string of the molecule is CCCCCCCCCCCCCC(=O)NC(CCC(=O)O)C(=O)O.CCCCCCCCCCCCCCCCCC(=O)NC(CCC(=O)O)C(=O)O.[H-].[H-].[Na+].[Na+]. The van der Waals surface area contributed by atoms with E-state index in [2.05, 4.69) is 24.5 Å². The molecule has 0 radical (unpaired) electrons. The number of carbonyl (C=O) groups excluding carboxylic acids is 2. The van der Waals surface area contributed by atoms with Gasteiger partial charge in [0.1, 0.15) is 12.1 Å². The van der Waals surface area contributed by atoms with Crippen LogP contribution in [0.5, 0.6) is 0 Å². The maximum atomic E-state index is 11.8. The van der Waals surface area contributed by atoms with Crippen LogP contribution in [0.2, 0.25) is 0 Å². The quantitative estimate of drug-likeness (QED) is 0.0390. The van der Waals surface area contributed by atoms with Crippen LogP contribution in [0.4, 0.5) is 0 Å². The third-order valence-corrected chi connectivity index (χ3v) is 9.58. The van der Waals surface area contributed by atoms with Gasteiger partial charge < -0.3 is 33.9 Å². The van der Waals surface area contributed by atoms with Crippen LogP contribution < -0.4 is 69.7 Å². The topological polar surface area (TPSA) is 207 Å². The van der Waals surface area contributed by atoms with Crippen LogP contribution in [-0.4, -0.2) is 68.2 Å². The standard InChI is InChI=1S/C23H43NO5.C19H35NO5.2Na.2H/c1-2-3-4-5-6-7-8-9-10-11-12-13-14-15-16-17-21(25)24-20(23(28)29)18-19-22(26)27;1-2-3-4-5-6-7-8-9-10-11-12-13-17(21)20-16(19(24)25)14-15-18(22)23;;;;/h20H,2-19H2,1H3,(H,24,25)(H,26,27)(H,28,29);16H,2-15H2,1H3,(H,20,21)(H,22,23)(H,24,25);;;;/q;;2*+1;2*-1. The Morgan fingerprint density at radius 2 is 0.589 bits per heavy atom. The van der Waals surface area contributed by atoms with E-state index in [1.54, 1.807) is 0 Å². The summed E-state index contributed by atoms with van der Waals surface area (Å²) in [5.74, 6) is -5.12. The molecule has 6 N–H and O–H groups in total. The molecule has 0 aliphatic heterocycles. The predicted octanol–water partition coefficient (Wildman–Crippen LogP) is 4.04. The molecule has 0 aliphatic rings. The van der Waals surface area contributed by atoms with Gasteiger partial charge in [0, 0.05) is 25.7 Å². The molecular weight excluding hydrogens is 738 g/mol. The van der Waals surface area contributed by atoms with E-state index in [1.807, 2.05) is 0 Å². The average Bonchev–Trinajstić information content (AvgIpc) is 3.12. The van der Waals surface area contributed by atoms with Gasteiger partial charge in [-0.2, -0.15) is 0 Å². The molecule has 2 atom stereocenters. The van der Waals surface area contributed by atoms with Crippen molar-refractivity contribution in [1.82, 2.24) is 10.6 Å². The van der Waals surface area contributed by atoms with E-state index in [0.717, 1.165) is 38.5 Å². The van der Waals surface area contributed by atoms with Crippen molar-refractivity contribution in [3.63, 3.8) is 0 Å². The number of unbranched alkanes of at least 4 members (excludes halogenated alkanes) is 24. The second-order valence-corrected chi connectivity index (χ2v) is 14.8. The van der Waals surface area contributed by atoms with Gasteiger partial charge in [-0.3, -0.25) is 19.2 Å². The van der Waals surface area contributed by atoms with Crippen molar-refractivity contribution < 1.29 is 111 Å². The Balaban J connectivity index is -0.000000220. The molecule has 12 nitrogen and oxygen atoms in total. The third kappa shape index (κ3) is 47.2.